The van der Waals surface area contributed by atoms with Gasteiger partial charge in [-0.05, 0) is 40.3 Å². The van der Waals surface area contributed by atoms with Gasteiger partial charge in [0.15, 0.2) is 11.1 Å². The summed E-state index contributed by atoms with van der Waals surface area (Å²) in [6.07, 6.45) is 0. The lowest BCUT2D eigenvalue weighted by Crippen LogP contribution is -1.96. The van der Waals surface area contributed by atoms with Gasteiger partial charge in [-0.1, -0.05) is 22.0 Å². The molecule has 0 heterocycles. The molecule has 2 nitrogen and oxygen atoms in total. The first-order valence-corrected chi connectivity index (χ1v) is 6.26. The van der Waals surface area contributed by atoms with E-state index in [1.54, 1.807) is 0 Å². The lowest BCUT2D eigenvalue weighted by atomic mass is 10.2. The first-order chi connectivity index (χ1) is 5.61. The van der Waals surface area contributed by atoms with Crippen molar-refractivity contribution in [1.29, 1.82) is 0 Å². The number of rotatable bonds is 2. The van der Waals surface area contributed by atoms with Crippen LogP contribution in [0.2, 0.25) is 0 Å². The van der Waals surface area contributed by atoms with E-state index in [1.807, 2.05) is 18.2 Å². The van der Waals surface area contributed by atoms with Crippen LogP contribution in [0, 0.1) is 3.57 Å². The molecule has 0 fully saturated rings. The normalized spacial score (nSPS) is 12.9. The minimum absolute atomic E-state index is 0.180. The van der Waals surface area contributed by atoms with Gasteiger partial charge in [-0.2, -0.15) is 0 Å². The Kier molecular flexibility index (Phi) is 4.15. The van der Waals surface area contributed by atoms with Crippen LogP contribution in [-0.4, -0.2) is 8.76 Å². The van der Waals surface area contributed by atoms with Gasteiger partial charge in [0.25, 0.3) is 0 Å². The number of hydrogen-bond donors (Lipinski definition) is 1. The van der Waals surface area contributed by atoms with Gasteiger partial charge in [0.05, 0.1) is 5.75 Å². The summed E-state index contributed by atoms with van der Waals surface area (Å²) < 4.78 is 21.2. The van der Waals surface area contributed by atoms with Crippen molar-refractivity contribution in [3.05, 3.63) is 31.8 Å². The van der Waals surface area contributed by atoms with Gasteiger partial charge in [0, 0.05) is 8.04 Å². The van der Waals surface area contributed by atoms with Crippen LogP contribution in [0.3, 0.4) is 0 Å². The molecule has 0 aliphatic rings. The Morgan fingerprint density at radius 3 is 2.75 bits per heavy atom. The molecule has 0 aromatic heterocycles. The monoisotopic (exact) mass is 360 g/mol. The molecule has 0 aliphatic heterocycles. The summed E-state index contributed by atoms with van der Waals surface area (Å²) in [5.41, 5.74) is 0.888. The van der Waals surface area contributed by atoms with Gasteiger partial charge in [0.1, 0.15) is 0 Å². The van der Waals surface area contributed by atoms with E-state index in [0.29, 0.717) is 0 Å². The van der Waals surface area contributed by atoms with Crippen molar-refractivity contribution in [2.24, 2.45) is 0 Å². The van der Waals surface area contributed by atoms with Crippen molar-refractivity contribution in [1.82, 2.24) is 0 Å². The molecule has 1 aromatic carbocycles. The van der Waals surface area contributed by atoms with E-state index in [2.05, 4.69) is 38.5 Å². The number of benzene rings is 1. The summed E-state index contributed by atoms with van der Waals surface area (Å²) in [5.74, 6) is 0.180. The maximum absolute atomic E-state index is 10.6. The second-order valence-corrected chi connectivity index (χ2v) is 5.11. The van der Waals surface area contributed by atoms with Crippen molar-refractivity contribution >= 4 is 49.6 Å². The van der Waals surface area contributed by atoms with Crippen molar-refractivity contribution < 1.29 is 8.76 Å². The van der Waals surface area contributed by atoms with Crippen LogP contribution in [0.4, 0.5) is 0 Å². The highest BCUT2D eigenvalue weighted by molar-refractivity contribution is 14.1. The van der Waals surface area contributed by atoms with Gasteiger partial charge in [-0.3, -0.25) is 0 Å². The lowest BCUT2D eigenvalue weighted by Gasteiger charge is -2.03. The third kappa shape index (κ3) is 2.79. The zero-order chi connectivity index (χ0) is 9.14. The number of hydrogen-bond acceptors (Lipinski definition) is 1. The molecule has 1 atom stereocenters. The van der Waals surface area contributed by atoms with Crippen molar-refractivity contribution in [2.75, 3.05) is 0 Å². The average molecular weight is 361 g/mol. The molecule has 1 unspecified atom stereocenters. The molecular formula is C7H6BrIO2S. The van der Waals surface area contributed by atoms with Crippen LogP contribution < -0.4 is 0 Å². The zero-order valence-electron chi connectivity index (χ0n) is 5.96. The Morgan fingerprint density at radius 2 is 2.25 bits per heavy atom. The molecule has 1 rings (SSSR count). The molecule has 0 saturated carbocycles. The van der Waals surface area contributed by atoms with Gasteiger partial charge in [-0.15, -0.1) is 0 Å². The van der Waals surface area contributed by atoms with Crippen LogP contribution >= 0.6 is 38.5 Å². The highest BCUT2D eigenvalue weighted by atomic mass is 127. The second-order valence-electron chi connectivity index (χ2n) is 2.17. The van der Waals surface area contributed by atoms with E-state index >= 15 is 0 Å². The lowest BCUT2D eigenvalue weighted by molar-refractivity contribution is 0.563. The van der Waals surface area contributed by atoms with Crippen molar-refractivity contribution in [3.8, 4) is 0 Å². The fourth-order valence-corrected chi connectivity index (χ4v) is 3.36. The molecule has 66 valence electrons. The molecule has 0 radical (unpaired) electrons. The van der Waals surface area contributed by atoms with Crippen LogP contribution in [0.25, 0.3) is 0 Å². The van der Waals surface area contributed by atoms with Crippen LogP contribution in [0.5, 0.6) is 0 Å². The minimum atomic E-state index is -1.77. The van der Waals surface area contributed by atoms with Gasteiger partial charge in [0.2, 0.25) is 0 Å². The van der Waals surface area contributed by atoms with E-state index in [4.69, 9.17) is 4.55 Å². The van der Waals surface area contributed by atoms with Gasteiger partial charge >= 0.3 is 0 Å². The highest BCUT2D eigenvalue weighted by Gasteiger charge is 2.06. The average Bonchev–Trinajstić information content (AvgIpc) is 1.97. The Morgan fingerprint density at radius 1 is 1.58 bits per heavy atom. The first kappa shape index (κ1) is 10.6. The molecule has 0 amide bonds. The summed E-state index contributed by atoms with van der Waals surface area (Å²) in [6, 6.07) is 5.67. The molecule has 1 N–H and O–H groups in total. The van der Waals surface area contributed by atoms with Crippen LogP contribution in [-0.2, 0) is 16.8 Å². The zero-order valence-corrected chi connectivity index (χ0v) is 10.5. The summed E-state index contributed by atoms with van der Waals surface area (Å²) in [7, 11) is 0. The third-order valence-electron chi connectivity index (χ3n) is 1.33. The molecule has 12 heavy (non-hydrogen) atoms. The maximum atomic E-state index is 10.6. The molecule has 0 aliphatic carbocycles. The summed E-state index contributed by atoms with van der Waals surface area (Å²) in [5, 5.41) is 0. The molecule has 1 aromatic rings. The topological polar surface area (TPSA) is 37.3 Å². The first-order valence-electron chi connectivity index (χ1n) is 3.11. The predicted molar refractivity (Wildman–Crippen MR) is 61.3 cm³/mol. The molecule has 0 spiro atoms. The van der Waals surface area contributed by atoms with E-state index < -0.39 is 11.1 Å². The van der Waals surface area contributed by atoms with E-state index in [1.165, 1.54) is 0 Å². The second kappa shape index (κ2) is 4.69. The van der Waals surface area contributed by atoms with Crippen LogP contribution in [0.1, 0.15) is 5.56 Å². The van der Waals surface area contributed by atoms with Crippen LogP contribution in [0.15, 0.2) is 22.7 Å². The molecule has 0 saturated heterocycles. The Bertz CT molecular complexity index is 296. The van der Waals surface area contributed by atoms with Crippen molar-refractivity contribution in [2.45, 2.75) is 5.75 Å². The summed E-state index contributed by atoms with van der Waals surface area (Å²) in [4.78, 5) is 0. The summed E-state index contributed by atoms with van der Waals surface area (Å²) in [6.45, 7) is 0. The number of halogens is 2. The molecular weight excluding hydrogens is 355 g/mol. The van der Waals surface area contributed by atoms with E-state index in [0.717, 1.165) is 13.6 Å². The standard InChI is InChI=1S/C7H6BrIO2S/c8-6-2-1-3-7(9)5(6)4-12(10)11/h1-3H,4H2,(H,10,11). The summed E-state index contributed by atoms with van der Waals surface area (Å²) >= 11 is 3.70. The van der Waals surface area contributed by atoms with E-state index in [-0.39, 0.29) is 5.75 Å². The van der Waals surface area contributed by atoms with E-state index in [9.17, 15) is 4.21 Å². The Balaban J connectivity index is 3.04. The minimum Gasteiger partial charge on any atom is -0.306 e. The highest BCUT2D eigenvalue weighted by Crippen LogP contribution is 2.23. The fraction of sp³-hybridized carbons (Fsp3) is 0.143. The Labute approximate surface area is 95.3 Å². The predicted octanol–water partition coefficient (Wildman–Crippen LogP) is 2.78. The third-order valence-corrected chi connectivity index (χ3v) is 3.62. The Hall–Kier alpha value is 0.540. The molecule has 5 heteroatoms. The fourth-order valence-electron chi connectivity index (χ4n) is 0.794. The smallest absolute Gasteiger partial charge is 0.157 e. The van der Waals surface area contributed by atoms with Gasteiger partial charge in [-0.25, -0.2) is 4.21 Å². The quantitative estimate of drug-likeness (QED) is 0.650. The largest absolute Gasteiger partial charge is 0.306 e. The molecule has 0 bridgehead atoms. The van der Waals surface area contributed by atoms with Crippen molar-refractivity contribution in [3.63, 3.8) is 0 Å². The SMILES string of the molecule is O=S(O)Cc1c(Br)cccc1I. The van der Waals surface area contributed by atoms with Gasteiger partial charge < -0.3 is 4.55 Å². The maximum Gasteiger partial charge on any atom is 0.157 e.